The summed E-state index contributed by atoms with van der Waals surface area (Å²) in [5, 5.41) is 8.58. The number of hydrogen-bond donors (Lipinski definition) is 0. The van der Waals surface area contributed by atoms with Gasteiger partial charge in [-0.2, -0.15) is 0 Å². The zero-order chi connectivity index (χ0) is 10.9. The zero-order valence-electron chi connectivity index (χ0n) is 8.81. The molecule has 0 radical (unpaired) electrons. The molecule has 2 nitrogen and oxygen atoms in total. The molecule has 0 bridgehead atoms. The topological polar surface area (TPSA) is 25.8 Å². The Bertz CT molecular complexity index is 302. The first-order chi connectivity index (χ1) is 6.45. The summed E-state index contributed by atoms with van der Waals surface area (Å²) in [7, 11) is 0. The van der Waals surface area contributed by atoms with Gasteiger partial charge in [-0.25, -0.2) is 0 Å². The molecule has 1 heterocycles. The van der Waals surface area contributed by atoms with E-state index >= 15 is 0 Å². The number of aromatic nitrogens is 2. The van der Waals surface area contributed by atoms with E-state index in [1.807, 2.05) is 0 Å². The van der Waals surface area contributed by atoms with Gasteiger partial charge in [-0.05, 0) is 11.8 Å². The van der Waals surface area contributed by atoms with Gasteiger partial charge in [-0.1, -0.05) is 50.9 Å². The van der Waals surface area contributed by atoms with Gasteiger partial charge >= 0.3 is 0 Å². The van der Waals surface area contributed by atoms with Gasteiger partial charge < -0.3 is 0 Å². The minimum atomic E-state index is 0.313. The molecule has 0 unspecified atom stereocenters. The van der Waals surface area contributed by atoms with E-state index in [1.165, 1.54) is 0 Å². The van der Waals surface area contributed by atoms with E-state index in [0.29, 0.717) is 22.1 Å². The lowest BCUT2D eigenvalue weighted by molar-refractivity contribution is 0.764. The first-order valence-corrected chi connectivity index (χ1v) is 5.42. The second kappa shape index (κ2) is 4.45. The highest BCUT2D eigenvalue weighted by Crippen LogP contribution is 2.34. The van der Waals surface area contributed by atoms with Crippen molar-refractivity contribution in [3.8, 4) is 0 Å². The second-order valence-corrected chi connectivity index (χ2v) is 4.63. The Hall–Kier alpha value is -0.340. The molecule has 0 aromatic carbocycles. The molecule has 0 atom stereocenters. The highest BCUT2D eigenvalue weighted by Gasteiger charge is 2.18. The smallest absolute Gasteiger partial charge is 0.137 e. The van der Waals surface area contributed by atoms with Gasteiger partial charge in [0.05, 0.1) is 0 Å². The van der Waals surface area contributed by atoms with E-state index in [9.17, 15) is 0 Å². The molecule has 0 spiro atoms. The highest BCUT2D eigenvalue weighted by atomic mass is 35.5. The molecule has 0 fully saturated rings. The van der Waals surface area contributed by atoms with Crippen LogP contribution in [0.4, 0.5) is 0 Å². The van der Waals surface area contributed by atoms with Crippen LogP contribution in [0.1, 0.15) is 50.7 Å². The van der Waals surface area contributed by atoms with E-state index < -0.39 is 0 Å². The molecule has 0 aliphatic rings. The van der Waals surface area contributed by atoms with Crippen LogP contribution in [0.5, 0.6) is 0 Å². The molecule has 0 saturated heterocycles. The maximum absolute atomic E-state index is 6.01. The fourth-order valence-electron chi connectivity index (χ4n) is 1.52. The summed E-state index contributed by atoms with van der Waals surface area (Å²) >= 11 is 12.0. The highest BCUT2D eigenvalue weighted by molar-refractivity contribution is 6.32. The van der Waals surface area contributed by atoms with Crippen molar-refractivity contribution in [1.29, 1.82) is 0 Å². The molecule has 4 heteroatoms. The summed E-state index contributed by atoms with van der Waals surface area (Å²) in [5.41, 5.74) is 2.03. The van der Waals surface area contributed by atoms with Gasteiger partial charge in [0.1, 0.15) is 0 Å². The summed E-state index contributed by atoms with van der Waals surface area (Å²) in [5.74, 6) is 0.626. The van der Waals surface area contributed by atoms with Crippen LogP contribution in [-0.2, 0) is 0 Å². The Morgan fingerprint density at radius 3 is 1.29 bits per heavy atom. The molecule has 0 saturated carbocycles. The van der Waals surface area contributed by atoms with Crippen LogP contribution in [0.25, 0.3) is 0 Å². The average molecular weight is 233 g/mol. The number of halogens is 2. The third kappa shape index (κ3) is 2.18. The molecule has 0 amide bonds. The normalized spacial score (nSPS) is 11.4. The quantitative estimate of drug-likeness (QED) is 0.770. The first kappa shape index (κ1) is 11.7. The van der Waals surface area contributed by atoms with E-state index in [2.05, 4.69) is 37.9 Å². The van der Waals surface area contributed by atoms with Gasteiger partial charge in [0.2, 0.25) is 0 Å². The van der Waals surface area contributed by atoms with Gasteiger partial charge in [0.15, 0.2) is 10.3 Å². The van der Waals surface area contributed by atoms with Crippen molar-refractivity contribution in [3.63, 3.8) is 0 Å². The molecule has 1 rings (SSSR count). The van der Waals surface area contributed by atoms with Crippen LogP contribution in [0.15, 0.2) is 0 Å². The number of nitrogens with zero attached hydrogens (tertiary/aromatic N) is 2. The minimum Gasteiger partial charge on any atom is -0.137 e. The lowest BCUT2D eigenvalue weighted by Crippen LogP contribution is -2.04. The van der Waals surface area contributed by atoms with Crippen molar-refractivity contribution in [2.75, 3.05) is 0 Å². The van der Waals surface area contributed by atoms with E-state index in [0.717, 1.165) is 11.1 Å². The van der Waals surface area contributed by atoms with Gasteiger partial charge in [-0.3, -0.25) is 0 Å². The molecule has 0 aliphatic carbocycles. The number of rotatable bonds is 2. The summed E-state index contributed by atoms with van der Waals surface area (Å²) in [6.07, 6.45) is 0. The maximum atomic E-state index is 6.01. The Morgan fingerprint density at radius 1 is 0.786 bits per heavy atom. The van der Waals surface area contributed by atoms with Gasteiger partial charge in [-0.15, -0.1) is 10.2 Å². The first-order valence-electron chi connectivity index (χ1n) is 4.66. The van der Waals surface area contributed by atoms with Crippen molar-refractivity contribution in [3.05, 3.63) is 21.4 Å². The summed E-state index contributed by atoms with van der Waals surface area (Å²) < 4.78 is 0. The molecular formula is C10H14Cl2N2. The van der Waals surface area contributed by atoms with Crippen LogP contribution in [0.3, 0.4) is 0 Å². The largest absolute Gasteiger partial charge is 0.155 e. The summed E-state index contributed by atoms with van der Waals surface area (Å²) in [6, 6.07) is 0. The van der Waals surface area contributed by atoms with E-state index in [4.69, 9.17) is 23.2 Å². The van der Waals surface area contributed by atoms with Crippen LogP contribution < -0.4 is 0 Å². The molecule has 1 aromatic rings. The Balaban J connectivity index is 3.42. The fourth-order valence-corrected chi connectivity index (χ4v) is 2.23. The molecule has 78 valence electrons. The molecular weight excluding hydrogens is 219 g/mol. The van der Waals surface area contributed by atoms with Crippen molar-refractivity contribution in [2.45, 2.75) is 39.5 Å². The third-order valence-corrected chi connectivity index (χ3v) is 2.67. The number of hydrogen-bond acceptors (Lipinski definition) is 2. The Kier molecular flexibility index (Phi) is 3.73. The Morgan fingerprint density at radius 2 is 1.07 bits per heavy atom. The molecule has 0 aliphatic heterocycles. The van der Waals surface area contributed by atoms with Crippen molar-refractivity contribution in [2.24, 2.45) is 0 Å². The predicted molar refractivity (Wildman–Crippen MR) is 60.2 cm³/mol. The SMILES string of the molecule is CC(C)c1c(Cl)nnc(Cl)c1C(C)C. The van der Waals surface area contributed by atoms with Crippen LogP contribution in [0, 0.1) is 0 Å². The maximum Gasteiger partial charge on any atom is 0.155 e. The fraction of sp³-hybridized carbons (Fsp3) is 0.600. The van der Waals surface area contributed by atoms with E-state index in [1.54, 1.807) is 0 Å². The average Bonchev–Trinajstić information content (AvgIpc) is 2.07. The molecule has 1 aromatic heterocycles. The van der Waals surface area contributed by atoms with Crippen molar-refractivity contribution >= 4 is 23.2 Å². The minimum absolute atomic E-state index is 0.313. The van der Waals surface area contributed by atoms with Crippen molar-refractivity contribution < 1.29 is 0 Å². The van der Waals surface area contributed by atoms with Gasteiger partial charge in [0.25, 0.3) is 0 Å². The second-order valence-electron chi connectivity index (χ2n) is 3.92. The lowest BCUT2D eigenvalue weighted by Gasteiger charge is -2.16. The predicted octanol–water partition coefficient (Wildman–Crippen LogP) is 4.03. The Labute approximate surface area is 94.6 Å². The van der Waals surface area contributed by atoms with Crippen LogP contribution >= 0.6 is 23.2 Å². The third-order valence-electron chi connectivity index (χ3n) is 2.11. The van der Waals surface area contributed by atoms with Gasteiger partial charge in [0, 0.05) is 11.1 Å². The van der Waals surface area contributed by atoms with E-state index in [-0.39, 0.29) is 0 Å². The standard InChI is InChI=1S/C10H14Cl2N2/c1-5(2)7-8(6(3)4)10(12)14-13-9(7)11/h5-6H,1-4H3. The monoisotopic (exact) mass is 232 g/mol. The van der Waals surface area contributed by atoms with Crippen LogP contribution in [0.2, 0.25) is 10.3 Å². The lowest BCUT2D eigenvalue weighted by atomic mass is 9.93. The van der Waals surface area contributed by atoms with Crippen molar-refractivity contribution in [1.82, 2.24) is 10.2 Å². The summed E-state index contributed by atoms with van der Waals surface area (Å²) in [6.45, 7) is 8.30. The molecule has 0 N–H and O–H groups in total. The molecule has 14 heavy (non-hydrogen) atoms. The zero-order valence-corrected chi connectivity index (χ0v) is 10.3. The van der Waals surface area contributed by atoms with Crippen LogP contribution in [-0.4, -0.2) is 10.2 Å². The summed E-state index contributed by atoms with van der Waals surface area (Å²) in [4.78, 5) is 0.